The number of ether oxygens (including phenoxy) is 2. The van der Waals surface area contributed by atoms with Crippen LogP contribution < -0.4 is 5.73 Å². The zero-order chi connectivity index (χ0) is 14.1. The SMILES string of the molecule is CC(C)(C)OC(=O)N1CCC(N)(C2CCCO2)CC1. The fourth-order valence-electron chi connectivity index (χ4n) is 2.79. The number of carbonyl (C=O) groups is 1. The number of hydrogen-bond acceptors (Lipinski definition) is 4. The number of piperidine rings is 1. The van der Waals surface area contributed by atoms with Gasteiger partial charge in [-0.15, -0.1) is 0 Å². The van der Waals surface area contributed by atoms with E-state index in [1.54, 1.807) is 4.90 Å². The minimum absolute atomic E-state index is 0.160. The number of hydrogen-bond donors (Lipinski definition) is 1. The molecule has 1 unspecified atom stereocenters. The zero-order valence-electron chi connectivity index (χ0n) is 12.3. The maximum atomic E-state index is 12.0. The molecule has 0 saturated carbocycles. The summed E-state index contributed by atoms with van der Waals surface area (Å²) in [5.41, 5.74) is 5.74. The fraction of sp³-hybridized carbons (Fsp3) is 0.929. The highest BCUT2D eigenvalue weighted by Crippen LogP contribution is 2.31. The summed E-state index contributed by atoms with van der Waals surface area (Å²) in [4.78, 5) is 13.7. The number of nitrogens with two attached hydrogens (primary N) is 1. The van der Waals surface area contributed by atoms with E-state index in [1.807, 2.05) is 20.8 Å². The monoisotopic (exact) mass is 270 g/mol. The van der Waals surface area contributed by atoms with Gasteiger partial charge in [0.2, 0.25) is 0 Å². The van der Waals surface area contributed by atoms with E-state index >= 15 is 0 Å². The summed E-state index contributed by atoms with van der Waals surface area (Å²) in [5, 5.41) is 0. The van der Waals surface area contributed by atoms with Crippen molar-refractivity contribution in [1.82, 2.24) is 4.90 Å². The van der Waals surface area contributed by atoms with Crippen LogP contribution in [0.3, 0.4) is 0 Å². The largest absolute Gasteiger partial charge is 0.444 e. The van der Waals surface area contributed by atoms with Gasteiger partial charge in [0.25, 0.3) is 0 Å². The first-order valence-electron chi connectivity index (χ1n) is 7.19. The number of likely N-dealkylation sites (tertiary alicyclic amines) is 1. The molecule has 0 radical (unpaired) electrons. The first kappa shape index (κ1) is 14.6. The van der Waals surface area contributed by atoms with Crippen molar-refractivity contribution in [1.29, 1.82) is 0 Å². The summed E-state index contributed by atoms with van der Waals surface area (Å²) < 4.78 is 11.1. The molecule has 0 aliphatic carbocycles. The molecule has 2 aliphatic rings. The maximum absolute atomic E-state index is 12.0. The van der Waals surface area contributed by atoms with Gasteiger partial charge in [0.05, 0.1) is 6.10 Å². The summed E-state index contributed by atoms with van der Waals surface area (Å²) in [6.45, 7) is 7.78. The third-order valence-corrected chi connectivity index (χ3v) is 3.92. The van der Waals surface area contributed by atoms with Crippen LogP contribution in [0.2, 0.25) is 0 Å². The summed E-state index contributed by atoms with van der Waals surface area (Å²) in [6.07, 6.45) is 3.64. The molecule has 19 heavy (non-hydrogen) atoms. The van der Waals surface area contributed by atoms with Gasteiger partial charge in [-0.25, -0.2) is 4.79 Å². The zero-order valence-corrected chi connectivity index (χ0v) is 12.3. The average molecular weight is 270 g/mol. The van der Waals surface area contributed by atoms with Crippen molar-refractivity contribution in [3.8, 4) is 0 Å². The van der Waals surface area contributed by atoms with Gasteiger partial charge in [-0.1, -0.05) is 0 Å². The lowest BCUT2D eigenvalue weighted by Crippen LogP contribution is -2.58. The van der Waals surface area contributed by atoms with Crippen molar-refractivity contribution >= 4 is 6.09 Å². The van der Waals surface area contributed by atoms with Crippen molar-refractivity contribution in [2.45, 2.75) is 63.7 Å². The predicted molar refractivity (Wildman–Crippen MR) is 72.9 cm³/mol. The minimum atomic E-state index is -0.442. The highest BCUT2D eigenvalue weighted by atomic mass is 16.6. The van der Waals surface area contributed by atoms with Crippen molar-refractivity contribution < 1.29 is 14.3 Å². The molecule has 0 aromatic carbocycles. The number of amides is 1. The third kappa shape index (κ3) is 3.60. The van der Waals surface area contributed by atoms with E-state index in [9.17, 15) is 4.79 Å². The van der Waals surface area contributed by atoms with Gasteiger partial charge < -0.3 is 20.1 Å². The van der Waals surface area contributed by atoms with Gasteiger partial charge in [0, 0.05) is 25.2 Å². The van der Waals surface area contributed by atoms with E-state index in [4.69, 9.17) is 15.2 Å². The van der Waals surface area contributed by atoms with E-state index in [2.05, 4.69) is 0 Å². The molecule has 1 amide bonds. The van der Waals surface area contributed by atoms with Crippen LogP contribution in [0.15, 0.2) is 0 Å². The number of rotatable bonds is 1. The first-order valence-corrected chi connectivity index (χ1v) is 7.19. The molecule has 2 fully saturated rings. The van der Waals surface area contributed by atoms with Gasteiger partial charge in [0.15, 0.2) is 0 Å². The lowest BCUT2D eigenvalue weighted by Gasteiger charge is -2.42. The molecule has 2 heterocycles. The molecule has 0 spiro atoms. The van der Waals surface area contributed by atoms with E-state index < -0.39 is 5.60 Å². The second kappa shape index (κ2) is 5.29. The molecule has 2 rings (SSSR count). The Balaban J connectivity index is 1.86. The van der Waals surface area contributed by atoms with E-state index in [-0.39, 0.29) is 17.7 Å². The lowest BCUT2D eigenvalue weighted by molar-refractivity contribution is -0.00683. The maximum Gasteiger partial charge on any atom is 0.410 e. The van der Waals surface area contributed by atoms with Crippen LogP contribution in [0.25, 0.3) is 0 Å². The van der Waals surface area contributed by atoms with Crippen LogP contribution >= 0.6 is 0 Å². The molecular weight excluding hydrogens is 244 g/mol. The van der Waals surface area contributed by atoms with E-state index in [0.717, 1.165) is 32.3 Å². The van der Waals surface area contributed by atoms with E-state index in [1.165, 1.54) is 0 Å². The molecule has 2 aliphatic heterocycles. The van der Waals surface area contributed by atoms with Crippen molar-refractivity contribution in [2.24, 2.45) is 5.73 Å². The van der Waals surface area contributed by atoms with Crippen LogP contribution in [-0.4, -0.2) is 47.9 Å². The molecule has 5 heteroatoms. The van der Waals surface area contributed by atoms with Gasteiger partial charge in [-0.3, -0.25) is 0 Å². The normalized spacial score (nSPS) is 27.4. The van der Waals surface area contributed by atoms with Crippen LogP contribution in [0.1, 0.15) is 46.5 Å². The molecule has 5 nitrogen and oxygen atoms in total. The molecule has 0 aromatic heterocycles. The number of carbonyl (C=O) groups excluding carboxylic acids is 1. The van der Waals surface area contributed by atoms with Crippen molar-refractivity contribution in [3.05, 3.63) is 0 Å². The average Bonchev–Trinajstić information content (AvgIpc) is 2.81. The summed E-state index contributed by atoms with van der Waals surface area (Å²) >= 11 is 0. The van der Waals surface area contributed by atoms with Crippen LogP contribution in [0.5, 0.6) is 0 Å². The molecule has 0 bridgehead atoms. The van der Waals surface area contributed by atoms with E-state index in [0.29, 0.717) is 13.1 Å². The van der Waals surface area contributed by atoms with Gasteiger partial charge >= 0.3 is 6.09 Å². The Morgan fingerprint density at radius 1 is 1.37 bits per heavy atom. The summed E-state index contributed by atoms with van der Waals surface area (Å²) in [5.74, 6) is 0. The minimum Gasteiger partial charge on any atom is -0.444 e. The smallest absolute Gasteiger partial charge is 0.410 e. The molecule has 1 atom stereocenters. The Labute approximate surface area is 115 Å². The standard InChI is InChI=1S/C14H26N2O3/c1-13(2,3)19-12(17)16-8-6-14(15,7-9-16)11-5-4-10-18-11/h11H,4-10,15H2,1-3H3. The second-order valence-electron chi connectivity index (χ2n) is 6.70. The molecular formula is C14H26N2O3. The third-order valence-electron chi connectivity index (χ3n) is 3.92. The lowest BCUT2D eigenvalue weighted by atomic mass is 9.82. The predicted octanol–water partition coefficient (Wildman–Crippen LogP) is 1.89. The Kier molecular flexibility index (Phi) is 4.06. The second-order valence-corrected chi connectivity index (χ2v) is 6.70. The van der Waals surface area contributed by atoms with Gasteiger partial charge in [0.1, 0.15) is 5.60 Å². The highest BCUT2D eigenvalue weighted by Gasteiger charge is 2.41. The fourth-order valence-corrected chi connectivity index (χ4v) is 2.79. The highest BCUT2D eigenvalue weighted by molar-refractivity contribution is 5.68. The summed E-state index contributed by atoms with van der Waals surface area (Å²) in [7, 11) is 0. The van der Waals surface area contributed by atoms with Crippen molar-refractivity contribution in [2.75, 3.05) is 19.7 Å². The van der Waals surface area contributed by atoms with Crippen LogP contribution in [0.4, 0.5) is 4.79 Å². The van der Waals surface area contributed by atoms with Crippen molar-refractivity contribution in [3.63, 3.8) is 0 Å². The van der Waals surface area contributed by atoms with Gasteiger partial charge in [-0.2, -0.15) is 0 Å². The van der Waals surface area contributed by atoms with Gasteiger partial charge in [-0.05, 0) is 46.5 Å². The molecule has 2 saturated heterocycles. The molecule has 2 N–H and O–H groups in total. The molecule has 0 aromatic rings. The Hall–Kier alpha value is -0.810. The Morgan fingerprint density at radius 3 is 2.47 bits per heavy atom. The molecule has 110 valence electrons. The topological polar surface area (TPSA) is 64.8 Å². The van der Waals surface area contributed by atoms with Crippen LogP contribution in [-0.2, 0) is 9.47 Å². The summed E-state index contributed by atoms with van der Waals surface area (Å²) in [6, 6.07) is 0. The number of nitrogens with zero attached hydrogens (tertiary/aromatic N) is 1. The quantitative estimate of drug-likeness (QED) is 0.790. The Morgan fingerprint density at radius 2 is 2.00 bits per heavy atom. The first-order chi connectivity index (χ1) is 8.80. The van der Waals surface area contributed by atoms with Crippen LogP contribution in [0, 0.1) is 0 Å². The Bertz CT molecular complexity index is 324.